The average Bonchev–Trinajstić information content (AvgIpc) is 1.68. The maximum Gasteiger partial charge on any atom is 0.197 e. The molecule has 0 radical (unpaired) electrons. The highest BCUT2D eigenvalue weighted by Crippen LogP contribution is 1.97. The molecule has 0 heterocycles. The van der Waals surface area contributed by atoms with E-state index in [1.165, 1.54) is 7.11 Å². The van der Waals surface area contributed by atoms with E-state index in [4.69, 9.17) is 16.9 Å². The Morgan fingerprint density at radius 2 is 2.57 bits per heavy atom. The van der Waals surface area contributed by atoms with E-state index in [1.54, 1.807) is 6.07 Å². The van der Waals surface area contributed by atoms with Crippen molar-refractivity contribution in [2.75, 3.05) is 7.11 Å². The number of rotatable bonds is 1. The summed E-state index contributed by atoms with van der Waals surface area (Å²) in [5.41, 5.74) is 0. The van der Waals surface area contributed by atoms with E-state index >= 15 is 0 Å². The van der Waals surface area contributed by atoms with Gasteiger partial charge >= 0.3 is 0 Å². The summed E-state index contributed by atoms with van der Waals surface area (Å²) in [5, 5.41) is 7.99. The first-order valence-electron chi connectivity index (χ1n) is 1.60. The Labute approximate surface area is 47.0 Å². The normalized spacial score (nSPS) is 10.1. The van der Waals surface area contributed by atoms with Gasteiger partial charge in [0.1, 0.15) is 0 Å². The maximum absolute atomic E-state index is 7.88. The molecule has 0 saturated heterocycles. The number of hydrogen-bond donors (Lipinski definition) is 0. The van der Waals surface area contributed by atoms with E-state index in [2.05, 4.69) is 4.74 Å². The van der Waals surface area contributed by atoms with Crippen LogP contribution in [0.1, 0.15) is 0 Å². The van der Waals surface area contributed by atoms with Crippen molar-refractivity contribution in [1.29, 1.82) is 5.26 Å². The third-order valence-electron chi connectivity index (χ3n) is 0.373. The van der Waals surface area contributed by atoms with Crippen LogP contribution in [-0.2, 0) is 4.74 Å². The zero-order valence-electron chi connectivity index (χ0n) is 3.81. The Bertz CT molecular complexity index is 113. The van der Waals surface area contributed by atoms with Crippen LogP contribution in [0.4, 0.5) is 0 Å². The molecule has 0 aliphatic rings. The topological polar surface area (TPSA) is 33.0 Å². The molecule has 0 aliphatic carbocycles. The maximum atomic E-state index is 7.88. The summed E-state index contributed by atoms with van der Waals surface area (Å²) in [7, 11) is 1.40. The fraction of sp³-hybridized carbons (Fsp3) is 0.250. The van der Waals surface area contributed by atoms with Gasteiger partial charge in [-0.05, 0) is 11.6 Å². The van der Waals surface area contributed by atoms with E-state index in [0.29, 0.717) is 0 Å². The molecule has 0 unspecified atom stereocenters. The number of nitriles is 1. The van der Waals surface area contributed by atoms with Crippen molar-refractivity contribution in [1.82, 2.24) is 0 Å². The molecule has 0 amide bonds. The Balaban J connectivity index is 3.56. The van der Waals surface area contributed by atoms with E-state index in [1.807, 2.05) is 0 Å². The summed E-state index contributed by atoms with van der Waals surface area (Å²) in [5.74, 6) is 0. The SMILES string of the molecule is COC(Cl)=CC#N. The second-order valence-electron chi connectivity index (χ2n) is 0.782. The molecule has 0 spiro atoms. The minimum Gasteiger partial charge on any atom is -0.486 e. The van der Waals surface area contributed by atoms with Crippen molar-refractivity contribution in [2.45, 2.75) is 0 Å². The first-order valence-corrected chi connectivity index (χ1v) is 1.98. The minimum atomic E-state index is 0.113. The van der Waals surface area contributed by atoms with Gasteiger partial charge in [-0.1, -0.05) is 0 Å². The average molecular weight is 118 g/mol. The molecule has 0 aliphatic heterocycles. The Morgan fingerprint density at radius 3 is 2.71 bits per heavy atom. The van der Waals surface area contributed by atoms with Gasteiger partial charge in [0.2, 0.25) is 0 Å². The molecule has 0 aromatic rings. The standard InChI is InChI=1S/C4H4ClNO/c1-7-4(5)2-3-6/h2H,1H3. The van der Waals surface area contributed by atoms with Crippen LogP contribution in [-0.4, -0.2) is 7.11 Å². The van der Waals surface area contributed by atoms with Crippen molar-refractivity contribution in [3.05, 3.63) is 11.3 Å². The van der Waals surface area contributed by atoms with Crippen molar-refractivity contribution >= 4 is 11.6 Å². The summed E-state index contributed by atoms with van der Waals surface area (Å²) in [6.07, 6.45) is 1.11. The molecule has 0 fully saturated rings. The number of allylic oxidation sites excluding steroid dienone is 1. The van der Waals surface area contributed by atoms with E-state index in [9.17, 15) is 0 Å². The van der Waals surface area contributed by atoms with Crippen molar-refractivity contribution in [3.63, 3.8) is 0 Å². The van der Waals surface area contributed by atoms with Gasteiger partial charge in [-0.3, -0.25) is 0 Å². The van der Waals surface area contributed by atoms with Crippen molar-refractivity contribution in [2.24, 2.45) is 0 Å². The zero-order chi connectivity index (χ0) is 5.70. The molecular formula is C4H4ClNO. The van der Waals surface area contributed by atoms with E-state index in [-0.39, 0.29) is 5.22 Å². The van der Waals surface area contributed by atoms with Crippen LogP contribution in [0.3, 0.4) is 0 Å². The fourth-order valence-corrected chi connectivity index (χ4v) is 0.158. The molecule has 0 saturated carbocycles. The van der Waals surface area contributed by atoms with Crippen LogP contribution in [0.2, 0.25) is 0 Å². The molecule has 2 nitrogen and oxygen atoms in total. The van der Waals surface area contributed by atoms with Gasteiger partial charge in [0, 0.05) is 0 Å². The summed E-state index contributed by atoms with van der Waals surface area (Å²) in [4.78, 5) is 0. The second-order valence-corrected chi connectivity index (χ2v) is 1.15. The molecule has 3 heteroatoms. The number of ether oxygens (including phenoxy) is 1. The quantitative estimate of drug-likeness (QED) is 0.382. The Kier molecular flexibility index (Phi) is 3.17. The second kappa shape index (κ2) is 3.51. The molecule has 0 rings (SSSR count). The van der Waals surface area contributed by atoms with E-state index < -0.39 is 0 Å². The van der Waals surface area contributed by atoms with E-state index in [0.717, 1.165) is 6.08 Å². The van der Waals surface area contributed by atoms with Gasteiger partial charge in [0.15, 0.2) is 5.22 Å². The van der Waals surface area contributed by atoms with Crippen LogP contribution in [0.5, 0.6) is 0 Å². The molecule has 0 aromatic heterocycles. The number of hydrogen-bond acceptors (Lipinski definition) is 2. The molecule has 38 valence electrons. The van der Waals surface area contributed by atoms with Gasteiger partial charge in [0.25, 0.3) is 0 Å². The lowest BCUT2D eigenvalue weighted by atomic mass is 10.7. The van der Waals surface area contributed by atoms with Crippen LogP contribution >= 0.6 is 11.6 Å². The van der Waals surface area contributed by atoms with Crippen molar-refractivity contribution < 1.29 is 4.74 Å². The highest BCUT2D eigenvalue weighted by atomic mass is 35.5. The predicted octanol–water partition coefficient (Wildman–Crippen LogP) is 1.24. The molecule has 0 atom stereocenters. The van der Waals surface area contributed by atoms with Gasteiger partial charge in [0.05, 0.1) is 19.3 Å². The van der Waals surface area contributed by atoms with Gasteiger partial charge in [-0.15, -0.1) is 0 Å². The monoisotopic (exact) mass is 117 g/mol. The Hall–Kier alpha value is -0.680. The molecule has 7 heavy (non-hydrogen) atoms. The van der Waals surface area contributed by atoms with Gasteiger partial charge in [-0.2, -0.15) is 5.26 Å². The van der Waals surface area contributed by atoms with Crippen molar-refractivity contribution in [3.8, 4) is 6.07 Å². The van der Waals surface area contributed by atoms with Gasteiger partial charge < -0.3 is 4.74 Å². The number of methoxy groups -OCH3 is 1. The first-order chi connectivity index (χ1) is 3.31. The summed E-state index contributed by atoms with van der Waals surface area (Å²) in [6.45, 7) is 0. The lowest BCUT2D eigenvalue weighted by Crippen LogP contribution is -1.71. The highest BCUT2D eigenvalue weighted by Gasteiger charge is 1.80. The molecule has 0 aromatic carbocycles. The smallest absolute Gasteiger partial charge is 0.197 e. The minimum absolute atomic E-state index is 0.113. The zero-order valence-corrected chi connectivity index (χ0v) is 4.57. The van der Waals surface area contributed by atoms with Crippen LogP contribution in [0.15, 0.2) is 11.3 Å². The van der Waals surface area contributed by atoms with Gasteiger partial charge in [-0.25, -0.2) is 0 Å². The largest absolute Gasteiger partial charge is 0.486 e. The molecule has 0 N–H and O–H groups in total. The Morgan fingerprint density at radius 1 is 2.00 bits per heavy atom. The predicted molar refractivity (Wildman–Crippen MR) is 26.6 cm³/mol. The summed E-state index contributed by atoms with van der Waals surface area (Å²) >= 11 is 5.18. The fourth-order valence-electron chi connectivity index (χ4n) is 0.110. The summed E-state index contributed by atoms with van der Waals surface area (Å²) < 4.78 is 4.39. The molecule has 0 bridgehead atoms. The lowest BCUT2D eigenvalue weighted by molar-refractivity contribution is 0.322. The lowest BCUT2D eigenvalue weighted by Gasteiger charge is -1.87. The third kappa shape index (κ3) is 3.14. The summed E-state index contributed by atoms with van der Waals surface area (Å²) in [6, 6.07) is 1.70. The number of halogens is 1. The van der Waals surface area contributed by atoms with Crippen LogP contribution < -0.4 is 0 Å². The molecular weight excluding hydrogens is 114 g/mol. The number of nitrogens with zero attached hydrogens (tertiary/aromatic N) is 1. The van der Waals surface area contributed by atoms with Crippen LogP contribution in [0.25, 0.3) is 0 Å². The first kappa shape index (κ1) is 6.32. The van der Waals surface area contributed by atoms with Crippen LogP contribution in [0, 0.1) is 11.3 Å². The highest BCUT2D eigenvalue weighted by molar-refractivity contribution is 6.28. The third-order valence-corrected chi connectivity index (χ3v) is 0.636.